The van der Waals surface area contributed by atoms with Gasteiger partial charge < -0.3 is 15.1 Å². The van der Waals surface area contributed by atoms with Gasteiger partial charge in [0.1, 0.15) is 0 Å². The van der Waals surface area contributed by atoms with E-state index in [1.165, 1.54) is 0 Å². The molecule has 1 rings (SSSR count). The summed E-state index contributed by atoms with van der Waals surface area (Å²) in [5.74, 6) is 0.146. The van der Waals surface area contributed by atoms with E-state index in [4.69, 9.17) is 5.11 Å². The summed E-state index contributed by atoms with van der Waals surface area (Å²) in [7, 11) is 0. The summed E-state index contributed by atoms with van der Waals surface area (Å²) in [4.78, 5) is 12.7. The first-order chi connectivity index (χ1) is 7.49. The van der Waals surface area contributed by atoms with Crippen LogP contribution < -0.4 is 0 Å². The van der Waals surface area contributed by atoms with Crippen molar-refractivity contribution in [2.24, 2.45) is 11.8 Å². The summed E-state index contributed by atoms with van der Waals surface area (Å²) in [6.07, 6.45) is 1.79. The second-order valence-electron chi connectivity index (χ2n) is 5.19. The van der Waals surface area contributed by atoms with E-state index in [0.717, 1.165) is 25.9 Å². The van der Waals surface area contributed by atoms with Crippen molar-refractivity contribution in [3.05, 3.63) is 0 Å². The summed E-state index contributed by atoms with van der Waals surface area (Å²) in [6, 6.07) is 0. The predicted octanol–water partition coefficient (Wildman–Crippen LogP) is 1.19. The molecule has 0 unspecified atom stereocenters. The molecule has 16 heavy (non-hydrogen) atoms. The Morgan fingerprint density at radius 1 is 1.50 bits per heavy atom. The number of hydrogen-bond donors (Lipinski definition) is 2. The molecule has 94 valence electrons. The third-order valence-corrected chi connectivity index (χ3v) is 3.19. The highest BCUT2D eigenvalue weighted by Gasteiger charge is 2.28. The van der Waals surface area contributed by atoms with Crippen LogP contribution in [0.25, 0.3) is 0 Å². The zero-order valence-electron chi connectivity index (χ0n) is 10.2. The highest BCUT2D eigenvalue weighted by atomic mass is 16.4. The largest absolute Gasteiger partial charge is 0.481 e. The number of nitrogens with zero attached hydrogens (tertiary/aromatic N) is 1. The molecule has 0 bridgehead atoms. The zero-order chi connectivity index (χ0) is 12.1. The van der Waals surface area contributed by atoms with E-state index in [1.807, 2.05) is 0 Å². The Bertz CT molecular complexity index is 230. The molecule has 2 N–H and O–H groups in total. The van der Waals surface area contributed by atoms with Crippen LogP contribution in [0.2, 0.25) is 0 Å². The minimum Gasteiger partial charge on any atom is -0.481 e. The molecule has 0 aliphatic carbocycles. The van der Waals surface area contributed by atoms with Crippen molar-refractivity contribution in [2.75, 3.05) is 19.6 Å². The van der Waals surface area contributed by atoms with Crippen molar-refractivity contribution < 1.29 is 15.0 Å². The minimum absolute atomic E-state index is 0.199. The number of aliphatic hydroxyl groups is 1. The van der Waals surface area contributed by atoms with E-state index >= 15 is 0 Å². The zero-order valence-corrected chi connectivity index (χ0v) is 10.2. The molecule has 1 fully saturated rings. The van der Waals surface area contributed by atoms with Crippen LogP contribution in [0.3, 0.4) is 0 Å². The fourth-order valence-corrected chi connectivity index (χ4v) is 2.39. The number of carboxylic acids is 1. The molecule has 0 radical (unpaired) electrons. The molecule has 1 aliphatic heterocycles. The smallest absolute Gasteiger partial charge is 0.304 e. The monoisotopic (exact) mass is 229 g/mol. The highest BCUT2D eigenvalue weighted by Crippen LogP contribution is 2.23. The second-order valence-corrected chi connectivity index (χ2v) is 5.19. The summed E-state index contributed by atoms with van der Waals surface area (Å²) in [6.45, 7) is 6.58. The van der Waals surface area contributed by atoms with Crippen LogP contribution in [0.15, 0.2) is 0 Å². The average molecular weight is 229 g/mol. The first kappa shape index (κ1) is 13.5. The van der Waals surface area contributed by atoms with Crippen molar-refractivity contribution in [2.45, 2.75) is 39.2 Å². The fourth-order valence-electron chi connectivity index (χ4n) is 2.39. The summed E-state index contributed by atoms with van der Waals surface area (Å²) in [5, 5.41) is 18.5. The Labute approximate surface area is 97.3 Å². The van der Waals surface area contributed by atoms with Gasteiger partial charge in [-0.3, -0.25) is 4.79 Å². The Morgan fingerprint density at radius 2 is 2.19 bits per heavy atom. The molecule has 0 saturated carbocycles. The van der Waals surface area contributed by atoms with Gasteiger partial charge in [-0.1, -0.05) is 13.8 Å². The van der Waals surface area contributed by atoms with Crippen molar-refractivity contribution in [1.29, 1.82) is 0 Å². The molecular formula is C12H23NO3. The van der Waals surface area contributed by atoms with Crippen LogP contribution in [0, 0.1) is 11.8 Å². The van der Waals surface area contributed by atoms with Gasteiger partial charge in [0.25, 0.3) is 0 Å². The van der Waals surface area contributed by atoms with Crippen molar-refractivity contribution in [3.63, 3.8) is 0 Å². The Kier molecular flexibility index (Phi) is 5.22. The van der Waals surface area contributed by atoms with Gasteiger partial charge in [0.15, 0.2) is 0 Å². The lowest BCUT2D eigenvalue weighted by molar-refractivity contribution is -0.137. The highest BCUT2D eigenvalue weighted by molar-refractivity contribution is 5.66. The first-order valence-corrected chi connectivity index (χ1v) is 6.11. The number of aliphatic carboxylic acids is 1. The third-order valence-electron chi connectivity index (χ3n) is 3.19. The Morgan fingerprint density at radius 3 is 2.75 bits per heavy atom. The summed E-state index contributed by atoms with van der Waals surface area (Å²) in [5.41, 5.74) is 0. The Balaban J connectivity index is 2.37. The van der Waals surface area contributed by atoms with Gasteiger partial charge in [-0.25, -0.2) is 0 Å². The number of piperidine rings is 1. The van der Waals surface area contributed by atoms with Crippen molar-refractivity contribution in [1.82, 2.24) is 4.90 Å². The number of aliphatic hydroxyl groups excluding tert-OH is 1. The maximum absolute atomic E-state index is 10.5. The van der Waals surface area contributed by atoms with E-state index in [-0.39, 0.29) is 12.5 Å². The number of likely N-dealkylation sites (tertiary alicyclic amines) is 1. The van der Waals surface area contributed by atoms with Gasteiger partial charge in [-0.2, -0.15) is 0 Å². The molecule has 0 amide bonds. The van der Waals surface area contributed by atoms with Crippen LogP contribution >= 0.6 is 0 Å². The number of hydrogen-bond acceptors (Lipinski definition) is 3. The molecule has 1 heterocycles. The van der Waals surface area contributed by atoms with Gasteiger partial charge in [-0.15, -0.1) is 0 Å². The molecular weight excluding hydrogens is 206 g/mol. The third kappa shape index (κ3) is 4.49. The number of carboxylic acid groups (broad SMARTS) is 1. The standard InChI is InChI=1S/C12H23NO3/c1-9(2)7-10-8-13(5-3-11(10)14)6-4-12(15)16/h9-11,14H,3-8H2,1-2H3,(H,15,16)/t10-,11-/m0/s1. The van der Waals surface area contributed by atoms with Gasteiger partial charge >= 0.3 is 5.97 Å². The predicted molar refractivity (Wildman–Crippen MR) is 62.3 cm³/mol. The lowest BCUT2D eigenvalue weighted by atomic mass is 9.87. The van der Waals surface area contributed by atoms with Gasteiger partial charge in [0.05, 0.1) is 12.5 Å². The van der Waals surface area contributed by atoms with Crippen LogP contribution in [0.5, 0.6) is 0 Å². The lowest BCUT2D eigenvalue weighted by Crippen LogP contribution is -2.44. The van der Waals surface area contributed by atoms with Gasteiger partial charge in [0, 0.05) is 19.6 Å². The maximum Gasteiger partial charge on any atom is 0.304 e. The molecule has 1 aliphatic rings. The van der Waals surface area contributed by atoms with E-state index < -0.39 is 5.97 Å². The minimum atomic E-state index is -0.744. The maximum atomic E-state index is 10.5. The quantitative estimate of drug-likeness (QED) is 0.743. The van der Waals surface area contributed by atoms with Crippen molar-refractivity contribution in [3.8, 4) is 0 Å². The molecule has 4 nitrogen and oxygen atoms in total. The van der Waals surface area contributed by atoms with E-state index in [1.54, 1.807) is 0 Å². The molecule has 1 saturated heterocycles. The van der Waals surface area contributed by atoms with E-state index in [0.29, 0.717) is 18.4 Å². The normalized spacial score (nSPS) is 27.2. The molecule has 4 heteroatoms. The topological polar surface area (TPSA) is 60.8 Å². The second kappa shape index (κ2) is 6.21. The summed E-state index contributed by atoms with van der Waals surface area (Å²) < 4.78 is 0. The molecule has 0 aromatic carbocycles. The molecule has 2 atom stereocenters. The molecule has 0 aromatic heterocycles. The number of rotatable bonds is 5. The van der Waals surface area contributed by atoms with Crippen LogP contribution in [-0.4, -0.2) is 46.8 Å². The van der Waals surface area contributed by atoms with Crippen LogP contribution in [-0.2, 0) is 4.79 Å². The lowest BCUT2D eigenvalue weighted by Gasteiger charge is -2.36. The van der Waals surface area contributed by atoms with Gasteiger partial charge in [-0.05, 0) is 24.7 Å². The molecule has 0 aromatic rings. The SMILES string of the molecule is CC(C)C[C@H]1CN(CCC(=O)O)CC[C@@H]1O. The fraction of sp³-hybridized carbons (Fsp3) is 0.917. The Hall–Kier alpha value is -0.610. The van der Waals surface area contributed by atoms with Gasteiger partial charge in [0.2, 0.25) is 0 Å². The first-order valence-electron chi connectivity index (χ1n) is 6.11. The van der Waals surface area contributed by atoms with Crippen LogP contribution in [0.1, 0.15) is 33.1 Å². The van der Waals surface area contributed by atoms with E-state index in [9.17, 15) is 9.90 Å². The van der Waals surface area contributed by atoms with Crippen molar-refractivity contribution >= 4 is 5.97 Å². The van der Waals surface area contributed by atoms with E-state index in [2.05, 4.69) is 18.7 Å². The van der Waals surface area contributed by atoms with Crippen LogP contribution in [0.4, 0.5) is 0 Å². The number of carbonyl (C=O) groups is 1. The average Bonchev–Trinajstić information content (AvgIpc) is 2.18. The molecule has 0 spiro atoms. The summed E-state index contributed by atoms with van der Waals surface area (Å²) >= 11 is 0.